The molecule has 1 fully saturated rings. The minimum absolute atomic E-state index is 0.197. The molecule has 1 aliphatic rings. The van der Waals surface area contributed by atoms with Gasteiger partial charge in [0.05, 0.1) is 22.3 Å². The molecule has 1 aliphatic heterocycles. The molecule has 2 N–H and O–H groups in total. The number of halogens is 2. The molecule has 2 aromatic carbocycles. The molecule has 1 atom stereocenters. The number of carbonyl (C=O) groups excluding carboxylic acids is 1. The fourth-order valence-corrected chi connectivity index (χ4v) is 4.70. The Morgan fingerprint density at radius 2 is 1.80 bits per heavy atom. The Morgan fingerprint density at radius 1 is 1.13 bits per heavy atom. The highest BCUT2D eigenvalue weighted by molar-refractivity contribution is 7.99. The van der Waals surface area contributed by atoms with Gasteiger partial charge in [0.25, 0.3) is 0 Å². The normalized spacial score (nSPS) is 16.5. The smallest absolute Gasteiger partial charge is 0.333 e. The summed E-state index contributed by atoms with van der Waals surface area (Å²) in [6.07, 6.45) is 2.16. The van der Waals surface area contributed by atoms with Gasteiger partial charge in [-0.3, -0.25) is 0 Å². The van der Waals surface area contributed by atoms with E-state index in [1.54, 1.807) is 18.2 Å². The van der Waals surface area contributed by atoms with Gasteiger partial charge in [-0.2, -0.15) is 0 Å². The Hall–Kier alpha value is -1.80. The third kappa shape index (κ3) is 5.88. The summed E-state index contributed by atoms with van der Waals surface area (Å²) in [6, 6.07) is 13.6. The maximum Gasteiger partial charge on any atom is 0.333 e. The summed E-state index contributed by atoms with van der Waals surface area (Å²) in [5.41, 5.74) is 1.21. The van der Waals surface area contributed by atoms with Crippen LogP contribution in [-0.4, -0.2) is 30.4 Å². The monoisotopic (exact) mass is 467 g/mol. The summed E-state index contributed by atoms with van der Waals surface area (Å²) in [4.78, 5) is 23.9. The molecule has 30 heavy (non-hydrogen) atoms. The van der Waals surface area contributed by atoms with Crippen LogP contribution in [-0.2, 0) is 9.53 Å². The van der Waals surface area contributed by atoms with E-state index in [1.807, 2.05) is 30.3 Å². The van der Waals surface area contributed by atoms with Crippen LogP contribution < -0.4 is 10.6 Å². The van der Waals surface area contributed by atoms with Crippen LogP contribution in [0.1, 0.15) is 30.9 Å². The molecule has 160 valence electrons. The Morgan fingerprint density at radius 3 is 2.43 bits per heavy atom. The summed E-state index contributed by atoms with van der Waals surface area (Å²) in [5.74, 6) is -0.440. The molecule has 0 radical (unpaired) electrons. The Labute approximate surface area is 190 Å². The Bertz CT molecular complexity index is 844. The SMILES string of the molecule is O=NSC1(CCOC(=O)C(Nc2c(Cl)cccc2Cl)c2ccccc2)CCNCC1. The third-order valence-electron chi connectivity index (χ3n) is 5.17. The first-order chi connectivity index (χ1) is 14.5. The molecule has 0 bridgehead atoms. The van der Waals surface area contributed by atoms with Gasteiger partial charge in [0.1, 0.15) is 0 Å². The van der Waals surface area contributed by atoms with Crippen LogP contribution >= 0.6 is 35.1 Å². The van der Waals surface area contributed by atoms with Crippen molar-refractivity contribution < 1.29 is 9.53 Å². The van der Waals surface area contributed by atoms with Crippen molar-refractivity contribution in [3.8, 4) is 0 Å². The van der Waals surface area contributed by atoms with E-state index in [0.29, 0.717) is 22.2 Å². The predicted molar refractivity (Wildman–Crippen MR) is 123 cm³/mol. The van der Waals surface area contributed by atoms with Crippen molar-refractivity contribution in [2.75, 3.05) is 25.0 Å². The molecule has 9 heteroatoms. The van der Waals surface area contributed by atoms with Gasteiger partial charge in [0, 0.05) is 21.3 Å². The summed E-state index contributed by atoms with van der Waals surface area (Å²) < 4.78 is 8.37. The number of nitroso groups, excluding NO2 is 1. The number of hydrogen-bond donors (Lipinski definition) is 2. The minimum atomic E-state index is -0.774. The number of piperidine rings is 1. The number of anilines is 1. The van der Waals surface area contributed by atoms with E-state index < -0.39 is 12.0 Å². The van der Waals surface area contributed by atoms with E-state index in [4.69, 9.17) is 27.9 Å². The maximum absolute atomic E-state index is 13.0. The van der Waals surface area contributed by atoms with Crippen LogP contribution in [0.2, 0.25) is 10.0 Å². The largest absolute Gasteiger partial charge is 0.464 e. The molecule has 0 aliphatic carbocycles. The Balaban J connectivity index is 1.72. The van der Waals surface area contributed by atoms with Crippen LogP contribution in [0, 0.1) is 4.91 Å². The van der Waals surface area contributed by atoms with Crippen LogP contribution in [0.25, 0.3) is 0 Å². The van der Waals surface area contributed by atoms with Gasteiger partial charge in [0.15, 0.2) is 6.04 Å². The van der Waals surface area contributed by atoms with E-state index in [-0.39, 0.29) is 11.4 Å². The third-order valence-corrected chi connectivity index (χ3v) is 6.87. The van der Waals surface area contributed by atoms with Crippen LogP contribution in [0.3, 0.4) is 0 Å². The van der Waals surface area contributed by atoms with Crippen LogP contribution in [0.5, 0.6) is 0 Å². The van der Waals surface area contributed by atoms with Crippen molar-refractivity contribution in [2.45, 2.75) is 30.1 Å². The van der Waals surface area contributed by atoms with Gasteiger partial charge >= 0.3 is 5.97 Å². The topological polar surface area (TPSA) is 79.8 Å². The predicted octanol–water partition coefficient (Wildman–Crippen LogP) is 5.62. The first-order valence-corrected chi connectivity index (χ1v) is 11.2. The van der Waals surface area contributed by atoms with E-state index in [0.717, 1.165) is 43.4 Å². The van der Waals surface area contributed by atoms with Gasteiger partial charge in [-0.25, -0.2) is 4.79 Å². The van der Waals surface area contributed by atoms with Crippen molar-refractivity contribution in [3.63, 3.8) is 0 Å². The average Bonchev–Trinajstić information content (AvgIpc) is 2.75. The number of nitrogens with zero attached hydrogens (tertiary/aromatic N) is 1. The van der Waals surface area contributed by atoms with Gasteiger partial charge in [-0.05, 0) is 50.0 Å². The first-order valence-electron chi connectivity index (χ1n) is 9.68. The molecule has 1 saturated heterocycles. The molecule has 0 amide bonds. The molecule has 2 aromatic rings. The lowest BCUT2D eigenvalue weighted by Crippen LogP contribution is -2.40. The average molecular weight is 468 g/mol. The molecular weight excluding hydrogens is 445 g/mol. The summed E-state index contributed by atoms with van der Waals surface area (Å²) in [7, 11) is 0. The quantitative estimate of drug-likeness (QED) is 0.283. The lowest BCUT2D eigenvalue weighted by molar-refractivity contribution is -0.145. The van der Waals surface area contributed by atoms with Crippen molar-refractivity contribution >= 4 is 46.8 Å². The fourth-order valence-electron chi connectivity index (χ4n) is 3.47. The second-order valence-electron chi connectivity index (χ2n) is 7.10. The van der Waals surface area contributed by atoms with Gasteiger partial charge < -0.3 is 15.4 Å². The summed E-state index contributed by atoms with van der Waals surface area (Å²) in [6.45, 7) is 1.83. The van der Waals surface area contributed by atoms with Crippen molar-refractivity contribution in [1.82, 2.24) is 5.32 Å². The number of benzene rings is 2. The molecule has 3 rings (SSSR count). The number of carbonyl (C=O) groups is 1. The molecule has 6 nitrogen and oxygen atoms in total. The van der Waals surface area contributed by atoms with Gasteiger partial charge in [0.2, 0.25) is 0 Å². The van der Waals surface area contributed by atoms with E-state index in [9.17, 15) is 9.70 Å². The molecule has 0 aromatic heterocycles. The fraction of sp³-hybridized carbons (Fsp3) is 0.381. The number of hydrogen-bond acceptors (Lipinski definition) is 7. The molecule has 0 saturated carbocycles. The van der Waals surface area contributed by atoms with Crippen molar-refractivity contribution in [2.24, 2.45) is 4.58 Å². The maximum atomic E-state index is 13.0. The molecular formula is C21H23Cl2N3O3S. The van der Waals surface area contributed by atoms with Crippen LogP contribution in [0.15, 0.2) is 53.1 Å². The van der Waals surface area contributed by atoms with Gasteiger partial charge in [-0.1, -0.05) is 59.6 Å². The Kier molecular flexibility index (Phi) is 8.39. The number of esters is 1. The summed E-state index contributed by atoms with van der Waals surface area (Å²) >= 11 is 13.6. The van der Waals surface area contributed by atoms with Crippen molar-refractivity contribution in [3.05, 3.63) is 69.0 Å². The second kappa shape index (κ2) is 11.0. The highest BCUT2D eigenvalue weighted by atomic mass is 35.5. The second-order valence-corrected chi connectivity index (χ2v) is 9.11. The molecule has 0 spiro atoms. The lowest BCUT2D eigenvalue weighted by atomic mass is 9.94. The summed E-state index contributed by atoms with van der Waals surface area (Å²) in [5, 5.41) is 7.24. The highest BCUT2D eigenvalue weighted by Crippen LogP contribution is 2.38. The lowest BCUT2D eigenvalue weighted by Gasteiger charge is -2.34. The molecule has 1 unspecified atom stereocenters. The zero-order valence-corrected chi connectivity index (χ0v) is 18.6. The van der Waals surface area contributed by atoms with Crippen LogP contribution in [0.4, 0.5) is 5.69 Å². The molecule has 1 heterocycles. The van der Waals surface area contributed by atoms with Gasteiger partial charge in [-0.15, -0.1) is 4.91 Å². The number of para-hydroxylation sites is 1. The number of rotatable bonds is 9. The van der Waals surface area contributed by atoms with E-state index in [2.05, 4.69) is 15.2 Å². The minimum Gasteiger partial charge on any atom is -0.464 e. The zero-order chi connectivity index (χ0) is 21.4. The van der Waals surface area contributed by atoms with E-state index >= 15 is 0 Å². The zero-order valence-electron chi connectivity index (χ0n) is 16.3. The number of ether oxygens (including phenoxy) is 1. The van der Waals surface area contributed by atoms with Crippen molar-refractivity contribution in [1.29, 1.82) is 0 Å². The highest BCUT2D eigenvalue weighted by Gasteiger charge is 2.34. The number of nitrogens with one attached hydrogen (secondary N) is 2. The van der Waals surface area contributed by atoms with E-state index in [1.165, 1.54) is 0 Å². The first kappa shape index (κ1) is 22.9. The standard InChI is InChI=1S/C21H23Cl2N3O3S/c22-16-7-4-8-17(23)19(16)25-18(15-5-2-1-3-6-15)20(27)29-14-11-21(30-26-28)9-12-24-13-10-21/h1-8,18,24-25H,9-14H2.